The standard InChI is InChI=1S/C16H14F4N2O2/c17-12-4-2-1-3-10(12)14(23)8-22-15(24)11(16(18,19)20)7-13(21-22)9-5-6-9/h1-4,7,9,14,23H,5-6,8H2. The molecule has 1 aliphatic carbocycles. The fraction of sp³-hybridized carbons (Fsp3) is 0.375. The summed E-state index contributed by atoms with van der Waals surface area (Å²) in [6.45, 7) is -0.552. The molecule has 1 N–H and O–H groups in total. The Hall–Kier alpha value is -2.22. The zero-order valence-corrected chi connectivity index (χ0v) is 12.4. The predicted molar refractivity (Wildman–Crippen MR) is 76.8 cm³/mol. The number of aliphatic hydroxyl groups excluding tert-OH is 1. The van der Waals surface area contributed by atoms with Crippen LogP contribution in [0.15, 0.2) is 35.1 Å². The first-order valence-electron chi connectivity index (χ1n) is 7.39. The molecule has 1 saturated carbocycles. The molecule has 1 aromatic carbocycles. The number of alkyl halides is 3. The molecule has 0 radical (unpaired) electrons. The zero-order chi connectivity index (χ0) is 17.5. The SMILES string of the molecule is O=c1c(C(F)(F)F)cc(C2CC2)nn1CC(O)c1ccccc1F. The molecule has 1 aliphatic rings. The maximum atomic E-state index is 13.7. The highest BCUT2D eigenvalue weighted by atomic mass is 19.4. The molecule has 0 saturated heterocycles. The Bertz CT molecular complexity index is 812. The average molecular weight is 342 g/mol. The molecule has 2 aromatic rings. The van der Waals surface area contributed by atoms with E-state index in [0.29, 0.717) is 17.5 Å². The van der Waals surface area contributed by atoms with Crippen LogP contribution in [0.5, 0.6) is 0 Å². The molecule has 1 unspecified atom stereocenters. The van der Waals surface area contributed by atoms with Gasteiger partial charge < -0.3 is 5.11 Å². The van der Waals surface area contributed by atoms with Crippen molar-refractivity contribution >= 4 is 0 Å². The van der Waals surface area contributed by atoms with Crippen molar-refractivity contribution in [2.24, 2.45) is 0 Å². The molecular weight excluding hydrogens is 328 g/mol. The summed E-state index contributed by atoms with van der Waals surface area (Å²) in [5.74, 6) is -0.809. The Kier molecular flexibility index (Phi) is 4.16. The fourth-order valence-electron chi connectivity index (χ4n) is 2.48. The molecule has 0 bridgehead atoms. The van der Waals surface area contributed by atoms with Gasteiger partial charge in [-0.1, -0.05) is 18.2 Å². The van der Waals surface area contributed by atoms with E-state index in [-0.39, 0.29) is 17.2 Å². The van der Waals surface area contributed by atoms with Crippen LogP contribution in [-0.2, 0) is 12.7 Å². The summed E-state index contributed by atoms with van der Waals surface area (Å²) < 4.78 is 53.4. The fourth-order valence-corrected chi connectivity index (χ4v) is 2.48. The number of benzene rings is 1. The smallest absolute Gasteiger partial charge is 0.386 e. The second-order valence-corrected chi connectivity index (χ2v) is 5.78. The van der Waals surface area contributed by atoms with Crippen LogP contribution >= 0.6 is 0 Å². The van der Waals surface area contributed by atoms with Crippen LogP contribution in [0.3, 0.4) is 0 Å². The molecule has 1 atom stereocenters. The third-order valence-electron chi connectivity index (χ3n) is 3.90. The van der Waals surface area contributed by atoms with Crippen LogP contribution in [0, 0.1) is 5.82 Å². The monoisotopic (exact) mass is 342 g/mol. The van der Waals surface area contributed by atoms with Crippen molar-refractivity contribution in [3.05, 3.63) is 63.3 Å². The lowest BCUT2D eigenvalue weighted by atomic mass is 10.1. The number of rotatable bonds is 4. The van der Waals surface area contributed by atoms with Crippen LogP contribution in [0.2, 0.25) is 0 Å². The Balaban J connectivity index is 1.99. The van der Waals surface area contributed by atoms with Gasteiger partial charge in [-0.05, 0) is 25.0 Å². The highest BCUT2D eigenvalue weighted by molar-refractivity contribution is 5.23. The quantitative estimate of drug-likeness (QED) is 0.869. The van der Waals surface area contributed by atoms with Gasteiger partial charge in [0.1, 0.15) is 17.5 Å². The van der Waals surface area contributed by atoms with E-state index in [0.717, 1.165) is 12.1 Å². The summed E-state index contributed by atoms with van der Waals surface area (Å²) in [5.41, 5.74) is -2.60. The second kappa shape index (κ2) is 6.01. The highest BCUT2D eigenvalue weighted by Crippen LogP contribution is 2.40. The van der Waals surface area contributed by atoms with Crippen LogP contribution < -0.4 is 5.56 Å². The lowest BCUT2D eigenvalue weighted by Gasteiger charge is -2.16. The maximum Gasteiger partial charge on any atom is 0.421 e. The van der Waals surface area contributed by atoms with Crippen molar-refractivity contribution in [3.63, 3.8) is 0 Å². The Morgan fingerprint density at radius 2 is 1.96 bits per heavy atom. The lowest BCUT2D eigenvalue weighted by molar-refractivity contribution is -0.139. The Labute approximate surface area is 134 Å². The van der Waals surface area contributed by atoms with Gasteiger partial charge >= 0.3 is 6.18 Å². The van der Waals surface area contributed by atoms with E-state index < -0.39 is 35.8 Å². The van der Waals surface area contributed by atoms with Crippen molar-refractivity contribution < 1.29 is 22.7 Å². The van der Waals surface area contributed by atoms with Crippen molar-refractivity contribution in [1.29, 1.82) is 0 Å². The van der Waals surface area contributed by atoms with Crippen LogP contribution in [0.1, 0.15) is 41.7 Å². The summed E-state index contributed by atoms with van der Waals surface area (Å²) >= 11 is 0. The zero-order valence-electron chi connectivity index (χ0n) is 12.4. The molecule has 24 heavy (non-hydrogen) atoms. The molecule has 4 nitrogen and oxygen atoms in total. The third kappa shape index (κ3) is 3.33. The van der Waals surface area contributed by atoms with Crippen molar-refractivity contribution in [2.75, 3.05) is 0 Å². The van der Waals surface area contributed by atoms with E-state index in [9.17, 15) is 27.5 Å². The van der Waals surface area contributed by atoms with E-state index >= 15 is 0 Å². The summed E-state index contributed by atoms with van der Waals surface area (Å²) in [6, 6.07) is 6.11. The minimum atomic E-state index is -4.81. The van der Waals surface area contributed by atoms with E-state index in [2.05, 4.69) is 5.10 Å². The van der Waals surface area contributed by atoms with E-state index in [1.165, 1.54) is 18.2 Å². The van der Waals surface area contributed by atoms with Gasteiger partial charge in [-0.25, -0.2) is 9.07 Å². The van der Waals surface area contributed by atoms with Gasteiger partial charge in [0.05, 0.1) is 12.2 Å². The Morgan fingerprint density at radius 1 is 1.29 bits per heavy atom. The minimum absolute atomic E-state index is 0.100. The summed E-state index contributed by atoms with van der Waals surface area (Å²) in [4.78, 5) is 12.0. The number of hydrogen-bond donors (Lipinski definition) is 1. The first kappa shape index (κ1) is 16.6. The summed E-state index contributed by atoms with van der Waals surface area (Å²) in [7, 11) is 0. The molecule has 3 rings (SSSR count). The number of nitrogens with zero attached hydrogens (tertiary/aromatic N) is 2. The largest absolute Gasteiger partial charge is 0.421 e. The number of aromatic nitrogens is 2. The van der Waals surface area contributed by atoms with Crippen molar-refractivity contribution in [3.8, 4) is 0 Å². The van der Waals surface area contributed by atoms with E-state index in [1.54, 1.807) is 0 Å². The van der Waals surface area contributed by atoms with Crippen molar-refractivity contribution in [2.45, 2.75) is 37.6 Å². The molecule has 0 aliphatic heterocycles. The Morgan fingerprint density at radius 3 is 2.54 bits per heavy atom. The average Bonchev–Trinajstić information content (AvgIpc) is 3.33. The number of aliphatic hydroxyl groups is 1. The van der Waals surface area contributed by atoms with Gasteiger partial charge in [0.25, 0.3) is 5.56 Å². The van der Waals surface area contributed by atoms with Crippen LogP contribution in [0.4, 0.5) is 17.6 Å². The maximum absolute atomic E-state index is 13.7. The highest BCUT2D eigenvalue weighted by Gasteiger charge is 2.37. The van der Waals surface area contributed by atoms with Gasteiger partial charge in [0.15, 0.2) is 0 Å². The molecule has 0 spiro atoms. The van der Waals surface area contributed by atoms with E-state index in [1.807, 2.05) is 0 Å². The van der Waals surface area contributed by atoms with E-state index in [4.69, 9.17) is 0 Å². The van der Waals surface area contributed by atoms with Gasteiger partial charge in [-0.2, -0.15) is 18.3 Å². The normalized spacial score (nSPS) is 16.2. The third-order valence-corrected chi connectivity index (χ3v) is 3.90. The van der Waals surface area contributed by atoms with Gasteiger partial charge in [-0.15, -0.1) is 0 Å². The molecule has 1 aromatic heterocycles. The van der Waals surface area contributed by atoms with Gasteiger partial charge in [-0.3, -0.25) is 4.79 Å². The summed E-state index contributed by atoms with van der Waals surface area (Å²) in [5, 5.41) is 14.0. The first-order valence-corrected chi connectivity index (χ1v) is 7.39. The molecular formula is C16H14F4N2O2. The molecule has 1 heterocycles. The van der Waals surface area contributed by atoms with Crippen LogP contribution in [0.25, 0.3) is 0 Å². The van der Waals surface area contributed by atoms with Crippen LogP contribution in [-0.4, -0.2) is 14.9 Å². The predicted octanol–water partition coefficient (Wildman–Crippen LogP) is 3.01. The number of halogens is 4. The lowest BCUT2D eigenvalue weighted by Crippen LogP contribution is -2.33. The topological polar surface area (TPSA) is 55.1 Å². The molecule has 1 fully saturated rings. The number of hydrogen-bond acceptors (Lipinski definition) is 3. The second-order valence-electron chi connectivity index (χ2n) is 5.78. The summed E-state index contributed by atoms with van der Waals surface area (Å²) in [6.07, 6.45) is -4.88. The molecule has 8 heteroatoms. The molecule has 0 amide bonds. The van der Waals surface area contributed by atoms with Crippen molar-refractivity contribution in [1.82, 2.24) is 9.78 Å². The first-order chi connectivity index (χ1) is 11.3. The van der Waals surface area contributed by atoms with Gasteiger partial charge in [0, 0.05) is 11.5 Å². The van der Waals surface area contributed by atoms with Gasteiger partial charge in [0.2, 0.25) is 0 Å². The molecule has 128 valence electrons. The minimum Gasteiger partial charge on any atom is -0.386 e.